The predicted octanol–water partition coefficient (Wildman–Crippen LogP) is 3.55. The van der Waals surface area contributed by atoms with Crippen LogP contribution in [-0.4, -0.2) is 65.5 Å². The summed E-state index contributed by atoms with van der Waals surface area (Å²) in [7, 11) is 1.77. The van der Waals surface area contributed by atoms with E-state index in [9.17, 15) is 0 Å². The zero-order valence-electron chi connectivity index (χ0n) is 17.7. The number of rotatable bonds is 11. The van der Waals surface area contributed by atoms with Crippen molar-refractivity contribution in [3.8, 4) is 0 Å². The number of likely N-dealkylation sites (tertiary alicyclic amines) is 1. The Bertz CT molecular complexity index is 859. The van der Waals surface area contributed by atoms with Crippen LogP contribution in [0.5, 0.6) is 0 Å². The highest BCUT2D eigenvalue weighted by atomic mass is 15.3. The lowest BCUT2D eigenvalue weighted by Crippen LogP contribution is -2.21. The maximum Gasteiger partial charge on any atom is 0.162 e. The monoisotopic (exact) mass is 395 g/mol. The molecule has 2 N–H and O–H groups in total. The van der Waals surface area contributed by atoms with Crippen LogP contribution >= 0.6 is 0 Å². The Balaban J connectivity index is 1.62. The van der Waals surface area contributed by atoms with Crippen molar-refractivity contribution in [2.45, 2.75) is 32.6 Å². The van der Waals surface area contributed by atoms with Gasteiger partial charge in [-0.25, -0.2) is 4.98 Å². The van der Waals surface area contributed by atoms with Gasteiger partial charge in [-0.2, -0.15) is 9.61 Å². The smallest absolute Gasteiger partial charge is 0.162 e. The van der Waals surface area contributed by atoms with Gasteiger partial charge in [0.15, 0.2) is 5.65 Å². The van der Waals surface area contributed by atoms with Crippen molar-refractivity contribution in [2.75, 3.05) is 50.4 Å². The average Bonchev–Trinajstić information content (AvgIpc) is 3.36. The van der Waals surface area contributed by atoms with Gasteiger partial charge < -0.3 is 15.5 Å². The molecule has 0 spiro atoms. The van der Waals surface area contributed by atoms with Crippen LogP contribution in [0.3, 0.4) is 0 Å². The summed E-state index contributed by atoms with van der Waals surface area (Å²) in [6.45, 7) is 11.1. The molecule has 0 radical (unpaired) electrons. The lowest BCUT2D eigenvalue weighted by Gasteiger charge is -2.15. The first-order valence-electron chi connectivity index (χ1n) is 10.5. The van der Waals surface area contributed by atoms with E-state index in [2.05, 4.69) is 32.2 Å². The van der Waals surface area contributed by atoms with Gasteiger partial charge in [-0.1, -0.05) is 18.7 Å². The van der Waals surface area contributed by atoms with E-state index in [1.54, 1.807) is 13.1 Å². The summed E-state index contributed by atoms with van der Waals surface area (Å²) in [5, 5.41) is 11.4. The fraction of sp³-hybridized carbons (Fsp3) is 0.500. The van der Waals surface area contributed by atoms with E-state index in [1.165, 1.54) is 38.9 Å². The number of allylic oxidation sites excluding steroid dienone is 2. The fourth-order valence-corrected chi connectivity index (χ4v) is 3.63. The zero-order chi connectivity index (χ0) is 20.5. The van der Waals surface area contributed by atoms with Gasteiger partial charge in [-0.05, 0) is 57.8 Å². The van der Waals surface area contributed by atoms with Crippen LogP contribution in [0, 0.1) is 6.92 Å². The molecule has 0 aliphatic carbocycles. The molecule has 7 heteroatoms. The van der Waals surface area contributed by atoms with Crippen molar-refractivity contribution in [3.05, 3.63) is 42.1 Å². The molecular formula is C22H33N7. The minimum Gasteiger partial charge on any atom is -0.370 e. The highest BCUT2D eigenvalue weighted by Crippen LogP contribution is 2.19. The summed E-state index contributed by atoms with van der Waals surface area (Å²) < 4.78 is 1.85. The van der Waals surface area contributed by atoms with Crippen molar-refractivity contribution < 1.29 is 0 Å². The van der Waals surface area contributed by atoms with Gasteiger partial charge in [0.1, 0.15) is 11.6 Å². The van der Waals surface area contributed by atoms with Crippen molar-refractivity contribution >= 4 is 23.5 Å². The Labute approximate surface area is 173 Å². The number of anilines is 2. The topological polar surface area (TPSA) is 69.8 Å². The second-order valence-electron chi connectivity index (χ2n) is 7.49. The molecule has 1 aliphatic rings. The van der Waals surface area contributed by atoms with E-state index in [4.69, 9.17) is 4.98 Å². The molecule has 3 heterocycles. The van der Waals surface area contributed by atoms with Crippen LogP contribution in [-0.2, 0) is 0 Å². The lowest BCUT2D eigenvalue weighted by molar-refractivity contribution is 0.331. The first-order valence-corrected chi connectivity index (χ1v) is 10.5. The average molecular weight is 396 g/mol. The third kappa shape index (κ3) is 5.90. The highest BCUT2D eigenvalue weighted by Gasteiger charge is 2.11. The maximum atomic E-state index is 4.75. The van der Waals surface area contributed by atoms with Crippen molar-refractivity contribution in [1.29, 1.82) is 0 Å². The molecule has 1 aliphatic heterocycles. The summed E-state index contributed by atoms with van der Waals surface area (Å²) in [6, 6.07) is 2.02. The van der Waals surface area contributed by atoms with E-state index in [-0.39, 0.29) is 0 Å². The molecule has 1 saturated heterocycles. The molecule has 7 nitrogen and oxygen atoms in total. The fourth-order valence-electron chi connectivity index (χ4n) is 3.63. The number of nitrogens with zero attached hydrogens (tertiary/aromatic N) is 5. The van der Waals surface area contributed by atoms with Gasteiger partial charge in [0.2, 0.25) is 0 Å². The van der Waals surface area contributed by atoms with Gasteiger partial charge in [0.05, 0.1) is 6.20 Å². The van der Waals surface area contributed by atoms with Crippen LogP contribution in [0.4, 0.5) is 11.6 Å². The SMILES string of the molecule is C=C/C=C(\C=NC)CNc1cc(NCCCCN2CCCC2)nc2c(C)cnn12. The summed E-state index contributed by atoms with van der Waals surface area (Å²) in [4.78, 5) is 11.4. The molecule has 29 heavy (non-hydrogen) atoms. The third-order valence-electron chi connectivity index (χ3n) is 5.15. The van der Waals surface area contributed by atoms with Crippen LogP contribution < -0.4 is 10.6 Å². The number of hydrogen-bond donors (Lipinski definition) is 2. The largest absolute Gasteiger partial charge is 0.370 e. The molecule has 0 aromatic carbocycles. The van der Waals surface area contributed by atoms with E-state index >= 15 is 0 Å². The molecule has 2 aromatic rings. The van der Waals surface area contributed by atoms with Crippen molar-refractivity contribution in [3.63, 3.8) is 0 Å². The van der Waals surface area contributed by atoms with Crippen LogP contribution in [0.15, 0.2) is 41.6 Å². The molecule has 0 atom stereocenters. The quantitative estimate of drug-likeness (QED) is 0.346. The van der Waals surface area contributed by atoms with Crippen LogP contribution in [0.2, 0.25) is 0 Å². The highest BCUT2D eigenvalue weighted by molar-refractivity contribution is 5.80. The minimum absolute atomic E-state index is 0.636. The van der Waals surface area contributed by atoms with Gasteiger partial charge in [0.25, 0.3) is 0 Å². The van der Waals surface area contributed by atoms with Crippen LogP contribution in [0.25, 0.3) is 5.65 Å². The molecule has 156 valence electrons. The second-order valence-corrected chi connectivity index (χ2v) is 7.49. The molecule has 2 aromatic heterocycles. The minimum atomic E-state index is 0.636. The number of aliphatic imine (C=N–C) groups is 1. The Morgan fingerprint density at radius 2 is 2.10 bits per heavy atom. The Hall–Kier alpha value is -2.67. The summed E-state index contributed by atoms with van der Waals surface area (Å²) >= 11 is 0. The van der Waals surface area contributed by atoms with E-state index in [0.717, 1.165) is 41.4 Å². The van der Waals surface area contributed by atoms with E-state index in [1.807, 2.05) is 36.0 Å². The number of unbranched alkanes of at least 4 members (excludes halogenated alkanes) is 1. The normalized spacial score (nSPS) is 15.4. The molecular weight excluding hydrogens is 362 g/mol. The van der Waals surface area contributed by atoms with E-state index < -0.39 is 0 Å². The zero-order valence-corrected chi connectivity index (χ0v) is 17.7. The Morgan fingerprint density at radius 1 is 1.28 bits per heavy atom. The Morgan fingerprint density at radius 3 is 2.86 bits per heavy atom. The number of fused-ring (bicyclic) bond motifs is 1. The maximum absolute atomic E-state index is 4.75. The number of aryl methyl sites for hydroxylation is 1. The molecule has 0 amide bonds. The summed E-state index contributed by atoms with van der Waals surface area (Å²) in [6.07, 6.45) is 12.5. The van der Waals surface area contributed by atoms with Gasteiger partial charge in [0, 0.05) is 38.0 Å². The molecule has 0 saturated carbocycles. The van der Waals surface area contributed by atoms with Crippen LogP contribution in [0.1, 0.15) is 31.2 Å². The van der Waals surface area contributed by atoms with Crippen molar-refractivity contribution in [2.24, 2.45) is 4.99 Å². The standard InChI is InChI=1S/C22H33N7/c1-4-9-19(16-23-3)17-25-21-14-20(27-22-18(2)15-26-29(21)22)24-10-5-6-11-28-12-7-8-13-28/h4,9,14-16,25H,1,5-8,10-13,17H2,2-3H3,(H,24,27)/b19-9+,23-16?. The number of nitrogens with one attached hydrogen (secondary N) is 2. The van der Waals surface area contributed by atoms with E-state index in [0.29, 0.717) is 6.54 Å². The van der Waals surface area contributed by atoms with Gasteiger partial charge in [-0.3, -0.25) is 4.99 Å². The predicted molar refractivity (Wildman–Crippen MR) is 122 cm³/mol. The molecule has 1 fully saturated rings. The molecule has 0 bridgehead atoms. The summed E-state index contributed by atoms with van der Waals surface area (Å²) in [5.41, 5.74) is 2.98. The first kappa shape index (κ1) is 21.0. The van der Waals surface area contributed by atoms with Gasteiger partial charge >= 0.3 is 0 Å². The summed E-state index contributed by atoms with van der Waals surface area (Å²) in [5.74, 6) is 1.78. The number of hydrogen-bond acceptors (Lipinski definition) is 6. The second kappa shape index (κ2) is 10.8. The van der Waals surface area contributed by atoms with Crippen molar-refractivity contribution in [1.82, 2.24) is 19.5 Å². The third-order valence-corrected chi connectivity index (χ3v) is 5.15. The molecule has 0 unspecified atom stereocenters. The van der Waals surface area contributed by atoms with Gasteiger partial charge in [-0.15, -0.1) is 0 Å². The first-order chi connectivity index (χ1) is 14.2. The molecule has 3 rings (SSSR count). The lowest BCUT2D eigenvalue weighted by atomic mass is 10.2. The number of aromatic nitrogens is 3. The Kier molecular flexibility index (Phi) is 7.81.